The van der Waals surface area contributed by atoms with Crippen LogP contribution in [0.5, 0.6) is 0 Å². The minimum absolute atomic E-state index is 0.598. The van der Waals surface area contributed by atoms with Crippen molar-refractivity contribution in [3.05, 3.63) is 24.5 Å². The van der Waals surface area contributed by atoms with Crippen molar-refractivity contribution in [1.29, 1.82) is 0 Å². The average molecular weight is 243 g/mol. The molecule has 1 aliphatic rings. The first-order valence-electron chi connectivity index (χ1n) is 6.98. The van der Waals surface area contributed by atoms with E-state index in [1.807, 2.05) is 18.5 Å². The molecular weight excluding hydrogens is 222 g/mol. The zero-order chi connectivity index (χ0) is 12.5. The maximum Gasteiger partial charge on any atom is 0.0961 e. The molecule has 1 aromatic heterocycles. The molecule has 2 aromatic rings. The van der Waals surface area contributed by atoms with E-state index in [0.29, 0.717) is 6.04 Å². The molecule has 1 heterocycles. The Balaban J connectivity index is 2.02. The Kier molecular flexibility index (Phi) is 2.98. The van der Waals surface area contributed by atoms with Gasteiger partial charge >= 0.3 is 0 Å². The number of fused-ring (bicyclic) bond motifs is 1. The lowest BCUT2D eigenvalue weighted by Gasteiger charge is -2.23. The number of hydrogen-bond acceptors (Lipinski definition) is 2. The van der Waals surface area contributed by atoms with E-state index in [4.69, 9.17) is 5.73 Å². The molecule has 3 rings (SSSR count). The van der Waals surface area contributed by atoms with Crippen molar-refractivity contribution < 1.29 is 0 Å². The Morgan fingerprint density at radius 3 is 2.94 bits per heavy atom. The summed E-state index contributed by atoms with van der Waals surface area (Å²) in [6.07, 6.45) is 8.69. The molecule has 0 spiro atoms. The van der Waals surface area contributed by atoms with Gasteiger partial charge in [0.1, 0.15) is 0 Å². The first-order chi connectivity index (χ1) is 8.75. The van der Waals surface area contributed by atoms with Crippen LogP contribution in [0.3, 0.4) is 0 Å². The lowest BCUT2D eigenvalue weighted by molar-refractivity contribution is 0.340. The van der Waals surface area contributed by atoms with Crippen LogP contribution in [0.15, 0.2) is 24.5 Å². The van der Waals surface area contributed by atoms with Gasteiger partial charge in [-0.1, -0.05) is 26.2 Å². The van der Waals surface area contributed by atoms with Gasteiger partial charge in [-0.15, -0.1) is 0 Å². The van der Waals surface area contributed by atoms with Gasteiger partial charge < -0.3 is 10.3 Å². The molecule has 1 saturated carbocycles. The maximum atomic E-state index is 5.81. The van der Waals surface area contributed by atoms with Gasteiger partial charge in [0.15, 0.2) is 0 Å². The van der Waals surface area contributed by atoms with Crippen LogP contribution < -0.4 is 5.73 Å². The minimum Gasteiger partial charge on any atom is -0.399 e. The van der Waals surface area contributed by atoms with Crippen molar-refractivity contribution >= 4 is 16.7 Å². The quantitative estimate of drug-likeness (QED) is 0.612. The van der Waals surface area contributed by atoms with Gasteiger partial charge in [-0.2, -0.15) is 0 Å². The van der Waals surface area contributed by atoms with Crippen LogP contribution in [0.2, 0.25) is 0 Å². The fourth-order valence-electron chi connectivity index (χ4n) is 3.20. The Labute approximate surface area is 108 Å². The van der Waals surface area contributed by atoms with Crippen molar-refractivity contribution in [2.45, 2.75) is 45.1 Å². The largest absolute Gasteiger partial charge is 0.399 e. The number of hydrogen-bond donors (Lipinski definition) is 1. The molecule has 0 aliphatic heterocycles. The molecule has 2 unspecified atom stereocenters. The summed E-state index contributed by atoms with van der Waals surface area (Å²) >= 11 is 0. The van der Waals surface area contributed by atoms with E-state index in [2.05, 4.69) is 22.5 Å². The summed E-state index contributed by atoms with van der Waals surface area (Å²) < 4.78 is 2.37. The number of nitrogen functional groups attached to an aromatic ring is 1. The SMILES string of the molecule is CC1CCCCCC1n1cnc2cc(N)ccc21. The van der Waals surface area contributed by atoms with Crippen LogP contribution in [0.4, 0.5) is 5.69 Å². The predicted molar refractivity (Wildman–Crippen MR) is 75.4 cm³/mol. The van der Waals surface area contributed by atoms with Crippen LogP contribution in [-0.4, -0.2) is 9.55 Å². The van der Waals surface area contributed by atoms with Crippen molar-refractivity contribution in [2.75, 3.05) is 5.73 Å². The van der Waals surface area contributed by atoms with E-state index in [1.54, 1.807) is 0 Å². The molecule has 1 fully saturated rings. The van der Waals surface area contributed by atoms with Gasteiger partial charge in [0.25, 0.3) is 0 Å². The summed E-state index contributed by atoms with van der Waals surface area (Å²) in [7, 11) is 0. The predicted octanol–water partition coefficient (Wildman–Crippen LogP) is 3.76. The Morgan fingerprint density at radius 2 is 2.06 bits per heavy atom. The van der Waals surface area contributed by atoms with E-state index in [0.717, 1.165) is 17.1 Å². The number of rotatable bonds is 1. The first kappa shape index (κ1) is 11.6. The average Bonchev–Trinajstić information content (AvgIpc) is 2.64. The number of aromatic nitrogens is 2. The molecule has 0 saturated heterocycles. The third-order valence-electron chi connectivity index (χ3n) is 4.27. The first-order valence-corrected chi connectivity index (χ1v) is 6.98. The zero-order valence-corrected chi connectivity index (χ0v) is 11.0. The van der Waals surface area contributed by atoms with Gasteiger partial charge in [-0.05, 0) is 37.0 Å². The number of nitrogens with zero attached hydrogens (tertiary/aromatic N) is 2. The van der Waals surface area contributed by atoms with Crippen molar-refractivity contribution in [3.8, 4) is 0 Å². The highest BCUT2D eigenvalue weighted by Crippen LogP contribution is 2.34. The monoisotopic (exact) mass is 243 g/mol. The standard InChI is InChI=1S/C15H21N3/c1-11-5-3-2-4-6-14(11)18-10-17-13-9-12(16)7-8-15(13)18/h7-11,14H,2-6,16H2,1H3. The molecule has 2 N–H and O–H groups in total. The summed E-state index contributed by atoms with van der Waals surface area (Å²) in [6.45, 7) is 2.37. The second-order valence-electron chi connectivity index (χ2n) is 5.58. The molecule has 96 valence electrons. The molecular formula is C15H21N3. The second kappa shape index (κ2) is 4.63. The van der Waals surface area contributed by atoms with Gasteiger partial charge in [0.2, 0.25) is 0 Å². The van der Waals surface area contributed by atoms with Crippen LogP contribution in [-0.2, 0) is 0 Å². The molecule has 0 amide bonds. The second-order valence-corrected chi connectivity index (χ2v) is 5.58. The van der Waals surface area contributed by atoms with Gasteiger partial charge in [-0.25, -0.2) is 4.98 Å². The normalized spacial score (nSPS) is 25.2. The van der Waals surface area contributed by atoms with E-state index >= 15 is 0 Å². The summed E-state index contributed by atoms with van der Waals surface area (Å²) in [5, 5.41) is 0. The number of benzene rings is 1. The lowest BCUT2D eigenvalue weighted by atomic mass is 9.96. The molecule has 2 atom stereocenters. The van der Waals surface area contributed by atoms with E-state index in [1.165, 1.54) is 37.6 Å². The molecule has 18 heavy (non-hydrogen) atoms. The fraction of sp³-hybridized carbons (Fsp3) is 0.533. The van der Waals surface area contributed by atoms with E-state index in [9.17, 15) is 0 Å². The van der Waals surface area contributed by atoms with Crippen molar-refractivity contribution in [3.63, 3.8) is 0 Å². The third-order valence-corrected chi connectivity index (χ3v) is 4.27. The summed E-state index contributed by atoms with van der Waals surface area (Å²) in [5.41, 5.74) is 8.85. The van der Waals surface area contributed by atoms with Crippen molar-refractivity contribution in [2.24, 2.45) is 5.92 Å². The number of anilines is 1. The third kappa shape index (κ3) is 1.98. The number of imidazole rings is 1. The maximum absolute atomic E-state index is 5.81. The van der Waals surface area contributed by atoms with Crippen LogP contribution >= 0.6 is 0 Å². The van der Waals surface area contributed by atoms with Crippen LogP contribution in [0, 0.1) is 5.92 Å². The van der Waals surface area contributed by atoms with Gasteiger partial charge in [0, 0.05) is 11.7 Å². The molecule has 0 bridgehead atoms. The summed E-state index contributed by atoms with van der Waals surface area (Å²) in [4.78, 5) is 4.50. The molecule has 3 nitrogen and oxygen atoms in total. The van der Waals surface area contributed by atoms with Gasteiger partial charge in [0.05, 0.1) is 17.4 Å². The van der Waals surface area contributed by atoms with E-state index < -0.39 is 0 Å². The highest BCUT2D eigenvalue weighted by Gasteiger charge is 2.22. The van der Waals surface area contributed by atoms with Crippen molar-refractivity contribution in [1.82, 2.24) is 9.55 Å². The van der Waals surface area contributed by atoms with Crippen LogP contribution in [0.1, 0.15) is 45.1 Å². The summed E-state index contributed by atoms with van der Waals surface area (Å²) in [6, 6.07) is 6.64. The molecule has 1 aliphatic carbocycles. The summed E-state index contributed by atoms with van der Waals surface area (Å²) in [5.74, 6) is 0.738. The minimum atomic E-state index is 0.598. The topological polar surface area (TPSA) is 43.8 Å². The smallest absolute Gasteiger partial charge is 0.0961 e. The Hall–Kier alpha value is -1.51. The highest BCUT2D eigenvalue weighted by atomic mass is 15.1. The Morgan fingerprint density at radius 1 is 1.22 bits per heavy atom. The van der Waals surface area contributed by atoms with Gasteiger partial charge in [-0.3, -0.25) is 0 Å². The lowest BCUT2D eigenvalue weighted by Crippen LogP contribution is -2.15. The Bertz CT molecular complexity index is 544. The molecule has 1 aromatic carbocycles. The molecule has 3 heteroatoms. The molecule has 0 radical (unpaired) electrons. The highest BCUT2D eigenvalue weighted by molar-refractivity contribution is 5.79. The van der Waals surface area contributed by atoms with Crippen LogP contribution in [0.25, 0.3) is 11.0 Å². The van der Waals surface area contributed by atoms with E-state index in [-0.39, 0.29) is 0 Å². The number of nitrogens with two attached hydrogens (primary N) is 1. The fourth-order valence-corrected chi connectivity index (χ4v) is 3.20. The zero-order valence-electron chi connectivity index (χ0n) is 11.0.